The highest BCUT2D eigenvalue weighted by molar-refractivity contribution is 8.00. The van der Waals surface area contributed by atoms with Crippen molar-refractivity contribution in [3.05, 3.63) is 82.0 Å². The van der Waals surface area contributed by atoms with Crippen molar-refractivity contribution in [2.45, 2.75) is 37.9 Å². The van der Waals surface area contributed by atoms with E-state index in [2.05, 4.69) is 41.9 Å². The Labute approximate surface area is 256 Å². The van der Waals surface area contributed by atoms with Gasteiger partial charge in [0.05, 0.1) is 12.8 Å². The number of benzene rings is 3. The fourth-order valence-electron chi connectivity index (χ4n) is 6.68. The molecule has 0 aliphatic heterocycles. The fraction of sp³-hybridized carbons (Fsp3) is 0.306. The van der Waals surface area contributed by atoms with E-state index in [-0.39, 0.29) is 22.5 Å². The highest BCUT2D eigenvalue weighted by Crippen LogP contribution is 2.54. The van der Waals surface area contributed by atoms with Gasteiger partial charge < -0.3 is 25.0 Å². The summed E-state index contributed by atoms with van der Waals surface area (Å²) in [4.78, 5) is 7.02. The summed E-state index contributed by atoms with van der Waals surface area (Å²) in [5.41, 5.74) is 2.01. The molecule has 6 nitrogen and oxygen atoms in total. The van der Waals surface area contributed by atoms with Gasteiger partial charge in [-0.2, -0.15) is 11.8 Å². The molecule has 1 aromatic heterocycles. The molecule has 3 N–H and O–H groups in total. The van der Waals surface area contributed by atoms with Gasteiger partial charge >= 0.3 is 0 Å². The maximum Gasteiger partial charge on any atom is 0.131 e. The molecule has 6 rings (SSSR count). The van der Waals surface area contributed by atoms with Crippen LogP contribution in [0.3, 0.4) is 0 Å². The molecule has 3 aromatic carbocycles. The van der Waals surface area contributed by atoms with Gasteiger partial charge in [-0.1, -0.05) is 50.3 Å². The van der Waals surface area contributed by atoms with E-state index >= 15 is 0 Å². The van der Waals surface area contributed by atoms with Crippen molar-refractivity contribution < 1.29 is 20.1 Å². The van der Waals surface area contributed by atoms with E-state index in [1.54, 1.807) is 31.5 Å². The average molecular weight is 595 g/mol. The summed E-state index contributed by atoms with van der Waals surface area (Å²) in [6, 6.07) is 9.50. The normalized spacial score (nSPS) is 19.1. The summed E-state index contributed by atoms with van der Waals surface area (Å²) in [5.74, 6) is 1.97. The van der Waals surface area contributed by atoms with Gasteiger partial charge in [0.1, 0.15) is 23.0 Å². The van der Waals surface area contributed by atoms with Crippen LogP contribution in [0.5, 0.6) is 23.0 Å². The number of fused-ring (bicyclic) bond motifs is 5. The summed E-state index contributed by atoms with van der Waals surface area (Å²) in [5, 5.41) is 38.9. The predicted molar refractivity (Wildman–Crippen MR) is 179 cm³/mol. The van der Waals surface area contributed by atoms with Crippen LogP contribution < -0.4 is 15.2 Å². The Morgan fingerprint density at radius 1 is 0.977 bits per heavy atom. The largest absolute Gasteiger partial charge is 0.507 e. The number of aromatic nitrogens is 1. The molecule has 0 bridgehead atoms. The Hall–Kier alpha value is -3.94. The second kappa shape index (κ2) is 11.6. The Morgan fingerprint density at radius 2 is 1.72 bits per heavy atom. The number of thioether (sulfide) groups is 1. The molecule has 0 saturated carbocycles. The van der Waals surface area contributed by atoms with E-state index in [0.717, 1.165) is 54.0 Å². The first-order chi connectivity index (χ1) is 20.8. The van der Waals surface area contributed by atoms with Crippen LogP contribution in [0.25, 0.3) is 39.8 Å². The molecule has 43 heavy (non-hydrogen) atoms. The molecule has 2 atom stereocenters. The fourth-order valence-corrected chi connectivity index (χ4v) is 8.16. The number of hydrogen-bond donors (Lipinski definition) is 3. The molecular formula is C36H38N2O4S. The zero-order valence-electron chi connectivity index (χ0n) is 25.1. The SMILES string of the molecule is C/C=C/C=C/c1cc2cc3c(c(O)c2cn1)[C@@]1(C=c2c(O)c4ccc(OC)cc4c(O)c2=C1)C(SCCN(CC)CC)C3. The van der Waals surface area contributed by atoms with Gasteiger partial charge in [-0.05, 0) is 67.7 Å². The molecule has 0 fully saturated rings. The third-order valence-corrected chi connectivity index (χ3v) is 10.3. The number of ether oxygens (including phenoxy) is 1. The number of phenols is 3. The van der Waals surface area contributed by atoms with Gasteiger partial charge in [-0.3, -0.25) is 4.98 Å². The Morgan fingerprint density at radius 3 is 2.42 bits per heavy atom. The molecule has 1 unspecified atom stereocenters. The highest BCUT2D eigenvalue weighted by atomic mass is 32.2. The zero-order chi connectivity index (χ0) is 30.3. The topological polar surface area (TPSA) is 86.1 Å². The summed E-state index contributed by atoms with van der Waals surface area (Å²) < 4.78 is 5.40. The summed E-state index contributed by atoms with van der Waals surface area (Å²) in [6.07, 6.45) is 14.5. The van der Waals surface area contributed by atoms with Gasteiger partial charge in [0.2, 0.25) is 0 Å². The number of nitrogens with zero attached hydrogens (tertiary/aromatic N) is 2. The zero-order valence-corrected chi connectivity index (χ0v) is 25.9. The van der Waals surface area contributed by atoms with Crippen molar-refractivity contribution in [3.8, 4) is 23.0 Å². The molecule has 1 spiro atoms. The van der Waals surface area contributed by atoms with Crippen LogP contribution in [0.15, 0.2) is 54.8 Å². The van der Waals surface area contributed by atoms with Crippen LogP contribution in [0, 0.1) is 0 Å². The van der Waals surface area contributed by atoms with E-state index in [4.69, 9.17) is 4.74 Å². The molecule has 222 valence electrons. The lowest BCUT2D eigenvalue weighted by Gasteiger charge is -2.30. The van der Waals surface area contributed by atoms with Gasteiger partial charge in [0.15, 0.2) is 0 Å². The van der Waals surface area contributed by atoms with Gasteiger partial charge in [-0.15, -0.1) is 0 Å². The molecule has 2 aliphatic carbocycles. The van der Waals surface area contributed by atoms with Crippen LogP contribution >= 0.6 is 11.8 Å². The van der Waals surface area contributed by atoms with E-state index in [0.29, 0.717) is 32.3 Å². The van der Waals surface area contributed by atoms with Crippen LogP contribution in [-0.4, -0.2) is 63.0 Å². The number of aromatic hydroxyl groups is 3. The van der Waals surface area contributed by atoms with Crippen molar-refractivity contribution in [2.24, 2.45) is 0 Å². The molecule has 4 aromatic rings. The third-order valence-electron chi connectivity index (χ3n) is 8.97. The quantitative estimate of drug-likeness (QED) is 0.171. The number of rotatable bonds is 9. The lowest BCUT2D eigenvalue weighted by molar-refractivity contribution is 0.323. The van der Waals surface area contributed by atoms with Crippen molar-refractivity contribution in [3.63, 3.8) is 0 Å². The number of methoxy groups -OCH3 is 1. The van der Waals surface area contributed by atoms with Gasteiger partial charge in [0, 0.05) is 61.3 Å². The van der Waals surface area contributed by atoms with E-state index < -0.39 is 5.41 Å². The van der Waals surface area contributed by atoms with Crippen molar-refractivity contribution in [1.82, 2.24) is 9.88 Å². The Kier molecular flexibility index (Phi) is 7.88. The molecule has 7 heteroatoms. The third kappa shape index (κ3) is 4.85. The summed E-state index contributed by atoms with van der Waals surface area (Å²) in [7, 11) is 1.58. The average Bonchev–Trinajstić information content (AvgIpc) is 3.56. The van der Waals surface area contributed by atoms with Gasteiger partial charge in [-0.25, -0.2) is 0 Å². The van der Waals surface area contributed by atoms with Crippen LogP contribution in [0.4, 0.5) is 0 Å². The first-order valence-corrected chi connectivity index (χ1v) is 16.0. The summed E-state index contributed by atoms with van der Waals surface area (Å²) in [6.45, 7) is 9.30. The first kappa shape index (κ1) is 29.1. The molecule has 0 radical (unpaired) electrons. The van der Waals surface area contributed by atoms with E-state index in [1.165, 1.54) is 0 Å². The first-order valence-electron chi connectivity index (χ1n) is 14.9. The maximum absolute atomic E-state index is 11.9. The standard InChI is InChI=1S/C36H38N2O4S/c1-5-8-9-10-24-16-22-15-23-17-31(43-14-13-38(6-2)7-3)36(32(23)35(41)30(22)21-37-24)19-28-29(20-36)34(40)27-18-25(42-4)11-12-26(27)33(28)39/h5,8-12,15-16,18-21,31,39-41H,6-7,13-14,17H2,1-4H3/b8-5+,10-9+/t31?,36-/m1/s1. The van der Waals surface area contributed by atoms with Crippen LogP contribution in [0.2, 0.25) is 0 Å². The van der Waals surface area contributed by atoms with Crippen molar-refractivity contribution in [1.29, 1.82) is 0 Å². The van der Waals surface area contributed by atoms with Crippen molar-refractivity contribution >= 4 is 51.5 Å². The summed E-state index contributed by atoms with van der Waals surface area (Å²) >= 11 is 1.89. The Bertz CT molecular complexity index is 1910. The number of pyridine rings is 1. The minimum absolute atomic E-state index is 0.0617. The van der Waals surface area contributed by atoms with E-state index in [9.17, 15) is 15.3 Å². The van der Waals surface area contributed by atoms with Crippen molar-refractivity contribution in [2.75, 3.05) is 32.5 Å². The molecule has 1 heterocycles. The van der Waals surface area contributed by atoms with Gasteiger partial charge in [0.25, 0.3) is 0 Å². The number of phenolic OH excluding ortho intramolecular Hbond substituents is 3. The lowest BCUT2D eigenvalue weighted by Crippen LogP contribution is -2.31. The Balaban J connectivity index is 1.55. The minimum Gasteiger partial charge on any atom is -0.507 e. The number of hydrogen-bond acceptors (Lipinski definition) is 7. The van der Waals surface area contributed by atoms with Crippen LogP contribution in [0.1, 0.15) is 37.6 Å². The maximum atomic E-state index is 11.9. The highest BCUT2D eigenvalue weighted by Gasteiger charge is 2.48. The smallest absolute Gasteiger partial charge is 0.131 e. The molecular weight excluding hydrogens is 556 g/mol. The minimum atomic E-state index is -0.717. The molecule has 2 aliphatic rings. The molecule has 0 saturated heterocycles. The lowest BCUT2D eigenvalue weighted by atomic mass is 9.81. The monoisotopic (exact) mass is 594 g/mol. The van der Waals surface area contributed by atoms with E-state index in [1.807, 2.05) is 49.1 Å². The van der Waals surface area contributed by atoms with Crippen LogP contribution in [-0.2, 0) is 11.8 Å². The predicted octanol–water partition coefficient (Wildman–Crippen LogP) is 5.62. The second-order valence-corrected chi connectivity index (χ2v) is 12.5. The number of allylic oxidation sites excluding steroid dienone is 3. The molecule has 0 amide bonds. The second-order valence-electron chi connectivity index (χ2n) is 11.2.